The molecule has 8 nitrogen and oxygen atoms in total. The third kappa shape index (κ3) is 4.32. The Labute approximate surface area is 197 Å². The molecule has 0 radical (unpaired) electrons. The zero-order chi connectivity index (χ0) is 23.5. The summed E-state index contributed by atoms with van der Waals surface area (Å²) in [5.74, 6) is 1.64. The average molecular weight is 458 g/mol. The molecule has 1 aliphatic heterocycles. The molecule has 1 saturated heterocycles. The first-order chi connectivity index (χ1) is 16.6. The molecule has 1 atom stereocenters. The second-order valence-corrected chi connectivity index (χ2v) is 8.45. The minimum Gasteiger partial charge on any atom is -0.507 e. The van der Waals surface area contributed by atoms with E-state index < -0.39 is 6.04 Å². The predicted octanol–water partition coefficient (Wildman–Crippen LogP) is 3.21. The Balaban J connectivity index is 1.52. The van der Waals surface area contributed by atoms with E-state index in [1.54, 1.807) is 41.6 Å². The van der Waals surface area contributed by atoms with E-state index in [0.29, 0.717) is 36.7 Å². The fourth-order valence-corrected chi connectivity index (χ4v) is 4.64. The van der Waals surface area contributed by atoms with Crippen molar-refractivity contribution in [3.05, 3.63) is 106 Å². The third-order valence-corrected chi connectivity index (χ3v) is 6.36. The summed E-state index contributed by atoms with van der Waals surface area (Å²) in [7, 11) is 0. The zero-order valence-corrected chi connectivity index (χ0v) is 19.0. The van der Waals surface area contributed by atoms with Crippen LogP contribution >= 0.6 is 0 Å². The minimum atomic E-state index is -0.398. The largest absolute Gasteiger partial charge is 0.507 e. The molecule has 0 aromatic carbocycles. The van der Waals surface area contributed by atoms with Crippen molar-refractivity contribution in [3.8, 4) is 5.75 Å². The van der Waals surface area contributed by atoms with Crippen LogP contribution in [0.3, 0.4) is 0 Å². The van der Waals surface area contributed by atoms with E-state index >= 15 is 0 Å². The molecule has 4 aromatic rings. The smallest absolute Gasteiger partial charge is 0.260 e. The summed E-state index contributed by atoms with van der Waals surface area (Å²) < 4.78 is 7.14. The number of nitrogens with zero attached hydrogens (tertiary/aromatic N) is 5. The molecule has 34 heavy (non-hydrogen) atoms. The molecule has 8 heteroatoms. The number of aryl methyl sites for hydroxylation is 1. The summed E-state index contributed by atoms with van der Waals surface area (Å²) in [6.07, 6.45) is 6.84. The molecule has 174 valence electrons. The number of hydrogen-bond acceptors (Lipinski definition) is 7. The van der Waals surface area contributed by atoms with Gasteiger partial charge in [0, 0.05) is 50.5 Å². The molecule has 0 bridgehead atoms. The SMILES string of the molecule is Cc1cc(O)c(C(c2ccncc2)N2CCN(c3ccccn3)CC2)c(=O)n1Cc1ccco1. The van der Waals surface area contributed by atoms with Crippen LogP contribution in [0.25, 0.3) is 0 Å². The van der Waals surface area contributed by atoms with Crippen molar-refractivity contribution >= 4 is 5.82 Å². The van der Waals surface area contributed by atoms with E-state index in [1.165, 1.54) is 0 Å². The molecule has 5 heterocycles. The first-order valence-corrected chi connectivity index (χ1v) is 11.4. The van der Waals surface area contributed by atoms with Gasteiger partial charge >= 0.3 is 0 Å². The Bertz CT molecular complexity index is 1280. The van der Waals surface area contributed by atoms with Crippen molar-refractivity contribution in [2.24, 2.45) is 0 Å². The van der Waals surface area contributed by atoms with Gasteiger partial charge in [-0.15, -0.1) is 0 Å². The summed E-state index contributed by atoms with van der Waals surface area (Å²) in [4.78, 5) is 26.9. The maximum absolute atomic E-state index is 13.8. The van der Waals surface area contributed by atoms with Crippen molar-refractivity contribution in [1.29, 1.82) is 0 Å². The summed E-state index contributed by atoms with van der Waals surface area (Å²) in [6, 6.07) is 14.6. The normalized spacial score (nSPS) is 15.4. The molecule has 1 unspecified atom stereocenters. The van der Waals surface area contributed by atoms with E-state index in [-0.39, 0.29) is 11.3 Å². The lowest BCUT2D eigenvalue weighted by atomic mass is 9.96. The Morgan fingerprint density at radius 3 is 2.50 bits per heavy atom. The van der Waals surface area contributed by atoms with Crippen LogP contribution in [0, 0.1) is 6.92 Å². The van der Waals surface area contributed by atoms with Crippen LogP contribution in [0.5, 0.6) is 5.75 Å². The van der Waals surface area contributed by atoms with Crippen LogP contribution in [0.2, 0.25) is 0 Å². The number of furan rings is 1. The van der Waals surface area contributed by atoms with E-state index in [4.69, 9.17) is 4.42 Å². The van der Waals surface area contributed by atoms with Gasteiger partial charge in [0.25, 0.3) is 5.56 Å². The van der Waals surface area contributed by atoms with Gasteiger partial charge in [-0.3, -0.25) is 14.7 Å². The van der Waals surface area contributed by atoms with Crippen LogP contribution in [-0.4, -0.2) is 50.7 Å². The number of pyridine rings is 3. The highest BCUT2D eigenvalue weighted by atomic mass is 16.3. The third-order valence-electron chi connectivity index (χ3n) is 6.36. The second kappa shape index (κ2) is 9.52. The maximum atomic E-state index is 13.8. The molecule has 0 amide bonds. The lowest BCUT2D eigenvalue weighted by Crippen LogP contribution is -2.49. The first-order valence-electron chi connectivity index (χ1n) is 11.4. The van der Waals surface area contributed by atoms with Crippen molar-refractivity contribution in [2.75, 3.05) is 31.1 Å². The van der Waals surface area contributed by atoms with E-state index in [9.17, 15) is 9.90 Å². The highest BCUT2D eigenvalue weighted by Gasteiger charge is 2.31. The highest BCUT2D eigenvalue weighted by molar-refractivity contribution is 5.42. The van der Waals surface area contributed by atoms with Gasteiger partial charge in [0.2, 0.25) is 0 Å². The minimum absolute atomic E-state index is 0.00663. The number of aromatic hydroxyl groups is 1. The van der Waals surface area contributed by atoms with Gasteiger partial charge in [-0.2, -0.15) is 0 Å². The summed E-state index contributed by atoms with van der Waals surface area (Å²) in [5, 5.41) is 11.0. The molecule has 0 spiro atoms. The zero-order valence-electron chi connectivity index (χ0n) is 19.0. The summed E-state index contributed by atoms with van der Waals surface area (Å²) in [5.41, 5.74) is 1.75. The van der Waals surface area contributed by atoms with Crippen LogP contribution in [0.1, 0.15) is 28.6 Å². The van der Waals surface area contributed by atoms with Gasteiger partial charge in [0.1, 0.15) is 17.3 Å². The second-order valence-electron chi connectivity index (χ2n) is 8.45. The van der Waals surface area contributed by atoms with E-state index in [0.717, 1.165) is 24.5 Å². The van der Waals surface area contributed by atoms with Gasteiger partial charge in [0.15, 0.2) is 0 Å². The fraction of sp³-hybridized carbons (Fsp3) is 0.269. The lowest BCUT2D eigenvalue weighted by molar-refractivity contribution is 0.207. The fourth-order valence-electron chi connectivity index (χ4n) is 4.64. The van der Waals surface area contributed by atoms with Crippen LogP contribution in [0.4, 0.5) is 5.82 Å². The average Bonchev–Trinajstić information content (AvgIpc) is 3.39. The predicted molar refractivity (Wildman–Crippen MR) is 129 cm³/mol. The number of anilines is 1. The molecule has 1 aliphatic rings. The summed E-state index contributed by atoms with van der Waals surface area (Å²) >= 11 is 0. The van der Waals surface area contributed by atoms with Crippen LogP contribution < -0.4 is 10.5 Å². The van der Waals surface area contributed by atoms with Crippen molar-refractivity contribution in [1.82, 2.24) is 19.4 Å². The van der Waals surface area contributed by atoms with Crippen molar-refractivity contribution in [3.63, 3.8) is 0 Å². The monoisotopic (exact) mass is 457 g/mol. The maximum Gasteiger partial charge on any atom is 0.260 e. The molecular formula is C26H27N5O3. The summed E-state index contributed by atoms with van der Waals surface area (Å²) in [6.45, 7) is 5.10. The van der Waals surface area contributed by atoms with Crippen LogP contribution in [-0.2, 0) is 6.54 Å². The van der Waals surface area contributed by atoms with Crippen molar-refractivity contribution < 1.29 is 9.52 Å². The molecule has 0 saturated carbocycles. The number of hydrogen-bond donors (Lipinski definition) is 1. The molecule has 0 aliphatic carbocycles. The number of rotatable bonds is 6. The number of piperazine rings is 1. The first kappa shape index (κ1) is 21.9. The standard InChI is InChI=1S/C26H27N5O3/c1-19-17-22(32)24(26(33)31(19)18-21-5-4-16-34-21)25(20-7-10-27-11-8-20)30-14-12-29(13-15-30)23-6-2-3-9-28-23/h2-11,16-17,25,32H,12-15,18H2,1H3. The van der Waals surface area contributed by atoms with E-state index in [2.05, 4.69) is 19.8 Å². The van der Waals surface area contributed by atoms with Gasteiger partial charge in [0.05, 0.1) is 24.4 Å². The van der Waals surface area contributed by atoms with Crippen LogP contribution in [0.15, 0.2) is 82.6 Å². The van der Waals surface area contributed by atoms with Gasteiger partial charge in [-0.1, -0.05) is 6.07 Å². The molecular weight excluding hydrogens is 430 g/mol. The Morgan fingerprint density at radius 2 is 1.82 bits per heavy atom. The lowest BCUT2D eigenvalue weighted by Gasteiger charge is -2.40. The van der Waals surface area contributed by atoms with Gasteiger partial charge in [-0.05, 0) is 55.0 Å². The highest BCUT2D eigenvalue weighted by Crippen LogP contribution is 2.33. The molecule has 4 aromatic heterocycles. The topological polar surface area (TPSA) is 87.6 Å². The van der Waals surface area contributed by atoms with Crippen molar-refractivity contribution in [2.45, 2.75) is 19.5 Å². The Kier molecular flexibility index (Phi) is 6.14. The number of aromatic nitrogens is 3. The van der Waals surface area contributed by atoms with Gasteiger partial charge in [-0.25, -0.2) is 4.98 Å². The van der Waals surface area contributed by atoms with Gasteiger partial charge < -0.3 is 19.0 Å². The molecule has 5 rings (SSSR count). The Morgan fingerprint density at radius 1 is 1.03 bits per heavy atom. The Hall–Kier alpha value is -3.91. The quantitative estimate of drug-likeness (QED) is 0.476. The molecule has 1 N–H and O–H groups in total. The molecule has 1 fully saturated rings. The van der Waals surface area contributed by atoms with E-state index in [1.807, 2.05) is 43.3 Å².